The molecular weight excluding hydrogens is 159 g/mol. The molecule has 0 fully saturated rings. The topological polar surface area (TPSA) is 40.1 Å². The van der Waals surface area contributed by atoms with Gasteiger partial charge in [0.15, 0.2) is 5.16 Å². The molecule has 2 nitrogen and oxygen atoms in total. The van der Waals surface area contributed by atoms with Crippen LogP contribution in [0.25, 0.3) is 0 Å². The van der Waals surface area contributed by atoms with E-state index in [0.717, 1.165) is 25.7 Å². The van der Waals surface area contributed by atoms with Crippen molar-refractivity contribution in [1.29, 1.82) is 0 Å². The van der Waals surface area contributed by atoms with Gasteiger partial charge in [0, 0.05) is 0 Å². The first-order valence-corrected chi connectivity index (χ1v) is 5.45. The largest absolute Gasteiger partial charge is 0.595 e. The summed E-state index contributed by atoms with van der Waals surface area (Å²) in [5, 5.41) is -0.413. The van der Waals surface area contributed by atoms with Crippen molar-refractivity contribution in [3.8, 4) is 0 Å². The van der Waals surface area contributed by atoms with Gasteiger partial charge >= 0.3 is 8.03 Å². The summed E-state index contributed by atoms with van der Waals surface area (Å²) in [6, 6.07) is 0. The van der Waals surface area contributed by atoms with E-state index >= 15 is 0 Å². The fraction of sp³-hybridized carbons (Fsp3) is 1.00. The molecule has 11 heavy (non-hydrogen) atoms. The molecule has 66 valence electrons. The highest BCUT2D eigenvalue weighted by molar-refractivity contribution is 7.38. The van der Waals surface area contributed by atoms with Crippen molar-refractivity contribution in [2.45, 2.75) is 51.6 Å². The molecule has 0 aromatic carbocycles. The molecule has 1 unspecified atom stereocenters. The van der Waals surface area contributed by atoms with Gasteiger partial charge in [-0.25, -0.2) is 0 Å². The Morgan fingerprint density at radius 3 is 1.82 bits per heavy atom. The van der Waals surface area contributed by atoms with Crippen LogP contribution in [0.4, 0.5) is 0 Å². The first-order valence-electron chi connectivity index (χ1n) is 4.27. The van der Waals surface area contributed by atoms with Gasteiger partial charge in [-0.3, -0.25) is 0 Å². The lowest BCUT2D eigenvalue weighted by Crippen LogP contribution is -2.25. The van der Waals surface area contributed by atoms with Crippen LogP contribution in [0, 0.1) is 0 Å². The van der Waals surface area contributed by atoms with Gasteiger partial charge < -0.3 is 4.89 Å². The van der Waals surface area contributed by atoms with Crippen molar-refractivity contribution < 1.29 is 9.46 Å². The molecule has 0 aromatic heterocycles. The van der Waals surface area contributed by atoms with Gasteiger partial charge in [-0.1, -0.05) is 31.8 Å². The lowest BCUT2D eigenvalue weighted by molar-refractivity contribution is -0.170. The van der Waals surface area contributed by atoms with E-state index in [2.05, 4.69) is 0 Å². The Morgan fingerprint density at radius 1 is 1.27 bits per heavy atom. The maximum atomic E-state index is 10.9. The Kier molecular flexibility index (Phi) is 4.87. The number of rotatable bonds is 5. The second kappa shape index (κ2) is 4.84. The Labute approximate surface area is 69.9 Å². The molecule has 0 amide bonds. The van der Waals surface area contributed by atoms with Crippen molar-refractivity contribution in [3.05, 3.63) is 0 Å². The molecule has 0 saturated carbocycles. The van der Waals surface area contributed by atoms with Crippen LogP contribution in [0.2, 0.25) is 0 Å². The second-order valence-electron chi connectivity index (χ2n) is 2.94. The zero-order valence-electron chi connectivity index (χ0n) is 7.59. The van der Waals surface area contributed by atoms with Gasteiger partial charge in [0.05, 0.1) is 0 Å². The van der Waals surface area contributed by atoms with Crippen LogP contribution in [-0.4, -0.2) is 5.16 Å². The summed E-state index contributed by atoms with van der Waals surface area (Å²) in [4.78, 5) is 10.9. The summed E-state index contributed by atoms with van der Waals surface area (Å²) >= 11 is 0. The van der Waals surface area contributed by atoms with Crippen LogP contribution in [0.15, 0.2) is 0 Å². The van der Waals surface area contributed by atoms with Crippen molar-refractivity contribution in [2.75, 3.05) is 0 Å². The maximum absolute atomic E-state index is 10.9. The molecule has 0 rings (SSSR count). The molecule has 0 aliphatic carbocycles. The third kappa shape index (κ3) is 2.53. The zero-order chi connectivity index (χ0) is 8.91. The minimum atomic E-state index is -2.25. The molecule has 0 N–H and O–H groups in total. The maximum Gasteiger partial charge on any atom is 0.315 e. The Morgan fingerprint density at radius 2 is 1.73 bits per heavy atom. The quantitative estimate of drug-likeness (QED) is 0.603. The van der Waals surface area contributed by atoms with Gasteiger partial charge in [-0.2, -0.15) is 0 Å². The number of hydrogen-bond donors (Lipinski definition) is 0. The molecule has 3 heteroatoms. The highest BCUT2D eigenvalue weighted by Crippen LogP contribution is 2.41. The molecule has 0 aliphatic rings. The molecule has 0 saturated heterocycles. The Hall–Kier alpha value is 0.0600. The third-order valence-electron chi connectivity index (χ3n) is 2.42. The van der Waals surface area contributed by atoms with E-state index in [0.29, 0.717) is 0 Å². The highest BCUT2D eigenvalue weighted by Gasteiger charge is 2.38. The van der Waals surface area contributed by atoms with E-state index in [1.165, 1.54) is 0 Å². The molecule has 0 bridgehead atoms. The summed E-state index contributed by atoms with van der Waals surface area (Å²) in [7, 11) is -2.25. The predicted octanol–water partition coefficient (Wildman–Crippen LogP) is 2.45. The van der Waals surface area contributed by atoms with Crippen molar-refractivity contribution in [3.63, 3.8) is 0 Å². The van der Waals surface area contributed by atoms with E-state index < -0.39 is 13.2 Å². The summed E-state index contributed by atoms with van der Waals surface area (Å²) in [5.41, 5.74) is 0. The summed E-state index contributed by atoms with van der Waals surface area (Å²) in [5.74, 6) is 0. The van der Waals surface area contributed by atoms with E-state index in [9.17, 15) is 9.46 Å². The number of hydrogen-bond acceptors (Lipinski definition) is 2. The lowest BCUT2D eigenvalue weighted by atomic mass is 9.97. The smallest absolute Gasteiger partial charge is 0.315 e. The molecule has 0 spiro atoms. The summed E-state index contributed by atoms with van der Waals surface area (Å²) < 4.78 is 10.9. The molecule has 0 radical (unpaired) electrons. The van der Waals surface area contributed by atoms with E-state index in [1.54, 1.807) is 0 Å². The fourth-order valence-electron chi connectivity index (χ4n) is 1.42. The highest BCUT2D eigenvalue weighted by atomic mass is 31.1. The molecule has 0 aromatic rings. The van der Waals surface area contributed by atoms with Crippen LogP contribution < -0.4 is 4.89 Å². The van der Waals surface area contributed by atoms with Crippen molar-refractivity contribution in [2.24, 2.45) is 0 Å². The van der Waals surface area contributed by atoms with Crippen LogP contribution in [-0.2, 0) is 4.57 Å². The van der Waals surface area contributed by atoms with Crippen LogP contribution in [0.1, 0.15) is 46.5 Å². The fourth-order valence-corrected chi connectivity index (χ4v) is 2.34. The minimum Gasteiger partial charge on any atom is -0.595 e. The standard InChI is InChI=1S/C8H17O2P/c1-4-7-8(5-2,6-3)11(9)10/h4-7H2,1-3H3. The molecule has 0 heterocycles. The van der Waals surface area contributed by atoms with E-state index in [-0.39, 0.29) is 0 Å². The first-order chi connectivity index (χ1) is 5.13. The zero-order valence-corrected chi connectivity index (χ0v) is 8.49. The van der Waals surface area contributed by atoms with Crippen LogP contribution in [0.3, 0.4) is 0 Å². The lowest BCUT2D eigenvalue weighted by Gasteiger charge is -2.21. The monoisotopic (exact) mass is 176 g/mol. The molecular formula is C8H17O2P. The average molecular weight is 176 g/mol. The van der Waals surface area contributed by atoms with Gasteiger partial charge in [0.25, 0.3) is 0 Å². The SMILES string of the molecule is CCCC(CC)(CC)[P+](=O)[O-]. The second-order valence-corrected chi connectivity index (χ2v) is 4.40. The Balaban J connectivity index is 4.32. The van der Waals surface area contributed by atoms with Crippen molar-refractivity contribution >= 4 is 8.03 Å². The van der Waals surface area contributed by atoms with Crippen LogP contribution in [0.5, 0.6) is 0 Å². The van der Waals surface area contributed by atoms with Crippen molar-refractivity contribution in [1.82, 2.24) is 0 Å². The third-order valence-corrected chi connectivity index (χ3v) is 4.05. The molecule has 0 aliphatic heterocycles. The first kappa shape index (κ1) is 11.1. The van der Waals surface area contributed by atoms with E-state index in [1.807, 2.05) is 20.8 Å². The van der Waals surface area contributed by atoms with Gasteiger partial charge in [-0.05, 0) is 19.3 Å². The van der Waals surface area contributed by atoms with Crippen LogP contribution >= 0.6 is 8.03 Å². The summed E-state index contributed by atoms with van der Waals surface area (Å²) in [6.07, 6.45) is 3.25. The van der Waals surface area contributed by atoms with Gasteiger partial charge in [-0.15, -0.1) is 0 Å². The minimum absolute atomic E-state index is 0.413. The Bertz CT molecular complexity index is 130. The average Bonchev–Trinajstić information content (AvgIpc) is 2.00. The van der Waals surface area contributed by atoms with E-state index in [4.69, 9.17) is 0 Å². The molecule has 1 atom stereocenters. The van der Waals surface area contributed by atoms with Gasteiger partial charge in [0.1, 0.15) is 0 Å². The summed E-state index contributed by atoms with van der Waals surface area (Å²) in [6.45, 7) is 5.92. The predicted molar refractivity (Wildman–Crippen MR) is 45.8 cm³/mol. The normalized spacial score (nSPS) is 13.3. The van der Waals surface area contributed by atoms with Gasteiger partial charge in [0.2, 0.25) is 0 Å².